The van der Waals surface area contributed by atoms with Crippen molar-refractivity contribution in [2.24, 2.45) is 0 Å². The summed E-state index contributed by atoms with van der Waals surface area (Å²) in [6.07, 6.45) is 3.66. The summed E-state index contributed by atoms with van der Waals surface area (Å²) in [5.74, 6) is 0.205. The maximum Gasteiger partial charge on any atom is 0.263 e. The fourth-order valence-electron chi connectivity index (χ4n) is 2.66. The molecule has 5 nitrogen and oxygen atoms in total. The molecule has 2 rings (SSSR count). The molecule has 2 heterocycles. The molecule has 0 aromatic carbocycles. The van der Waals surface area contributed by atoms with Crippen LogP contribution in [0.5, 0.6) is 0 Å². The molecule has 1 atom stereocenters. The number of allylic oxidation sites excluding steroid dienone is 1. The summed E-state index contributed by atoms with van der Waals surface area (Å²) in [6, 6.07) is 0.159. The second-order valence-corrected chi connectivity index (χ2v) is 8.25. The van der Waals surface area contributed by atoms with E-state index in [0.29, 0.717) is 17.1 Å². The lowest BCUT2D eigenvalue weighted by Gasteiger charge is -2.13. The van der Waals surface area contributed by atoms with Crippen molar-refractivity contribution >= 4 is 39.2 Å². The molecule has 2 aromatic rings. The van der Waals surface area contributed by atoms with Crippen molar-refractivity contribution in [3.63, 3.8) is 0 Å². The molecule has 0 radical (unpaired) electrons. The third-order valence-corrected chi connectivity index (χ3v) is 6.10. The zero-order chi connectivity index (χ0) is 18.6. The third-order valence-electron chi connectivity index (χ3n) is 4.03. The van der Waals surface area contributed by atoms with Crippen LogP contribution in [0, 0.1) is 13.8 Å². The van der Waals surface area contributed by atoms with Crippen LogP contribution >= 0.6 is 23.1 Å². The van der Waals surface area contributed by atoms with E-state index in [-0.39, 0.29) is 23.3 Å². The standard InChI is InChI=1S/C18H25N3O2S2/c1-6-8-11(3)19-14(22)10-24-18-20-16-15(12(4)13(5)25-16)17(23)21(18)9-7-2/h7,11H,2,6,8-10H2,1,3-5H3,(H,19,22)/t11-/m0/s1. The number of hydrogen-bond donors (Lipinski definition) is 1. The highest BCUT2D eigenvalue weighted by atomic mass is 32.2. The van der Waals surface area contributed by atoms with Gasteiger partial charge in [-0.1, -0.05) is 31.2 Å². The topological polar surface area (TPSA) is 64.0 Å². The fraction of sp³-hybridized carbons (Fsp3) is 0.500. The summed E-state index contributed by atoms with van der Waals surface area (Å²) in [6.45, 7) is 12.1. The number of fused-ring (bicyclic) bond motifs is 1. The van der Waals surface area contributed by atoms with Crippen molar-refractivity contribution in [2.45, 2.75) is 58.3 Å². The summed E-state index contributed by atoms with van der Waals surface area (Å²) in [4.78, 5) is 31.4. The van der Waals surface area contributed by atoms with Gasteiger partial charge < -0.3 is 5.32 Å². The Morgan fingerprint density at radius 3 is 2.84 bits per heavy atom. The Hall–Kier alpha value is -1.60. The molecule has 136 valence electrons. The number of hydrogen-bond acceptors (Lipinski definition) is 5. The summed E-state index contributed by atoms with van der Waals surface area (Å²) < 4.78 is 1.60. The number of carbonyl (C=O) groups excluding carboxylic acids is 1. The predicted octanol–water partition coefficient (Wildman–Crippen LogP) is 3.66. The minimum Gasteiger partial charge on any atom is -0.353 e. The summed E-state index contributed by atoms with van der Waals surface area (Å²) in [7, 11) is 0. The Kier molecular flexibility index (Phi) is 6.84. The van der Waals surface area contributed by atoms with Crippen LogP contribution in [0.15, 0.2) is 22.6 Å². The van der Waals surface area contributed by atoms with Gasteiger partial charge >= 0.3 is 0 Å². The molecule has 25 heavy (non-hydrogen) atoms. The molecule has 0 aliphatic carbocycles. The highest BCUT2D eigenvalue weighted by Gasteiger charge is 2.17. The molecule has 7 heteroatoms. The first-order valence-corrected chi connectivity index (χ1v) is 10.2. The molecule has 0 bridgehead atoms. The van der Waals surface area contributed by atoms with Gasteiger partial charge in [-0.05, 0) is 32.8 Å². The normalized spacial score (nSPS) is 12.3. The molecule has 0 unspecified atom stereocenters. The van der Waals surface area contributed by atoms with Crippen LogP contribution in [0.2, 0.25) is 0 Å². The predicted molar refractivity (Wildman–Crippen MR) is 107 cm³/mol. The van der Waals surface area contributed by atoms with Gasteiger partial charge in [0.15, 0.2) is 5.16 Å². The molecular weight excluding hydrogens is 354 g/mol. The minimum absolute atomic E-state index is 0.0380. The van der Waals surface area contributed by atoms with Crippen molar-refractivity contribution in [1.29, 1.82) is 0 Å². The molecule has 0 saturated carbocycles. The van der Waals surface area contributed by atoms with E-state index < -0.39 is 0 Å². The van der Waals surface area contributed by atoms with E-state index in [0.717, 1.165) is 28.1 Å². The van der Waals surface area contributed by atoms with Crippen molar-refractivity contribution in [1.82, 2.24) is 14.9 Å². The van der Waals surface area contributed by atoms with Crippen molar-refractivity contribution in [3.05, 3.63) is 33.4 Å². The number of thiophene rings is 1. The van der Waals surface area contributed by atoms with Gasteiger partial charge in [-0.3, -0.25) is 14.2 Å². The van der Waals surface area contributed by atoms with E-state index in [1.54, 1.807) is 10.6 Å². The highest BCUT2D eigenvalue weighted by molar-refractivity contribution is 7.99. The zero-order valence-electron chi connectivity index (χ0n) is 15.2. The monoisotopic (exact) mass is 379 g/mol. The van der Waals surface area contributed by atoms with Crippen LogP contribution in [-0.2, 0) is 11.3 Å². The quantitative estimate of drug-likeness (QED) is 0.432. The lowest BCUT2D eigenvalue weighted by atomic mass is 10.2. The molecule has 0 aliphatic rings. The lowest BCUT2D eigenvalue weighted by molar-refractivity contribution is -0.119. The van der Waals surface area contributed by atoms with Crippen LogP contribution in [-0.4, -0.2) is 27.3 Å². The number of amides is 1. The van der Waals surface area contributed by atoms with Gasteiger partial charge in [-0.2, -0.15) is 0 Å². The molecule has 1 N–H and O–H groups in total. The first-order chi connectivity index (χ1) is 11.9. The molecule has 0 saturated heterocycles. The molecule has 1 amide bonds. The number of nitrogens with zero attached hydrogens (tertiary/aromatic N) is 2. The van der Waals surface area contributed by atoms with Gasteiger partial charge in [0.2, 0.25) is 5.91 Å². The van der Waals surface area contributed by atoms with Crippen molar-refractivity contribution in [3.8, 4) is 0 Å². The van der Waals surface area contributed by atoms with Gasteiger partial charge in [0.1, 0.15) is 4.83 Å². The van der Waals surface area contributed by atoms with Crippen LogP contribution in [0.1, 0.15) is 37.1 Å². The van der Waals surface area contributed by atoms with E-state index in [9.17, 15) is 9.59 Å². The number of nitrogens with one attached hydrogen (secondary N) is 1. The smallest absolute Gasteiger partial charge is 0.263 e. The maximum atomic E-state index is 12.8. The fourth-order valence-corrected chi connectivity index (χ4v) is 4.55. The van der Waals surface area contributed by atoms with Gasteiger partial charge in [-0.25, -0.2) is 4.98 Å². The van der Waals surface area contributed by atoms with Gasteiger partial charge in [-0.15, -0.1) is 17.9 Å². The maximum absolute atomic E-state index is 12.8. The minimum atomic E-state index is -0.0611. The Morgan fingerprint density at radius 1 is 1.48 bits per heavy atom. The van der Waals surface area contributed by atoms with Gasteiger partial charge in [0.05, 0.1) is 11.1 Å². The number of aryl methyl sites for hydroxylation is 2. The van der Waals surface area contributed by atoms with Gasteiger partial charge in [0.25, 0.3) is 5.56 Å². The molecule has 0 fully saturated rings. The highest BCUT2D eigenvalue weighted by Crippen LogP contribution is 2.28. The SMILES string of the molecule is C=CCn1c(SCC(=O)N[C@@H](C)CCC)nc2sc(C)c(C)c2c1=O. The lowest BCUT2D eigenvalue weighted by Crippen LogP contribution is -2.34. The van der Waals surface area contributed by atoms with E-state index in [2.05, 4.69) is 23.8 Å². The van der Waals surface area contributed by atoms with Crippen LogP contribution in [0.4, 0.5) is 0 Å². The number of thioether (sulfide) groups is 1. The van der Waals surface area contributed by atoms with Crippen LogP contribution in [0.3, 0.4) is 0 Å². The average Bonchev–Trinajstić information content (AvgIpc) is 2.83. The molecular formula is C18H25N3O2S2. The average molecular weight is 380 g/mol. The van der Waals surface area contributed by atoms with Crippen molar-refractivity contribution in [2.75, 3.05) is 5.75 Å². The van der Waals surface area contributed by atoms with E-state index in [1.165, 1.54) is 23.1 Å². The first-order valence-electron chi connectivity index (χ1n) is 8.42. The summed E-state index contributed by atoms with van der Waals surface area (Å²) in [5, 5.41) is 4.22. The van der Waals surface area contributed by atoms with E-state index in [1.807, 2.05) is 20.8 Å². The Morgan fingerprint density at radius 2 is 2.20 bits per heavy atom. The molecule has 2 aromatic heterocycles. The van der Waals surface area contributed by atoms with Crippen LogP contribution in [0.25, 0.3) is 10.2 Å². The summed E-state index contributed by atoms with van der Waals surface area (Å²) >= 11 is 2.82. The Labute approximate surface area is 156 Å². The Bertz CT molecular complexity index is 839. The second kappa shape index (κ2) is 8.67. The first kappa shape index (κ1) is 19.7. The van der Waals surface area contributed by atoms with E-state index >= 15 is 0 Å². The largest absolute Gasteiger partial charge is 0.353 e. The van der Waals surface area contributed by atoms with E-state index in [4.69, 9.17) is 0 Å². The molecule has 0 spiro atoms. The molecule has 0 aliphatic heterocycles. The summed E-state index contributed by atoms with van der Waals surface area (Å²) in [5.41, 5.74) is 0.923. The third kappa shape index (κ3) is 4.52. The number of aromatic nitrogens is 2. The Balaban J connectivity index is 2.28. The zero-order valence-corrected chi connectivity index (χ0v) is 16.9. The van der Waals surface area contributed by atoms with Crippen LogP contribution < -0.4 is 10.9 Å². The van der Waals surface area contributed by atoms with Crippen molar-refractivity contribution < 1.29 is 4.79 Å². The van der Waals surface area contributed by atoms with Gasteiger partial charge in [0, 0.05) is 17.5 Å². The number of rotatable bonds is 8. The number of carbonyl (C=O) groups is 1. The second-order valence-electron chi connectivity index (χ2n) is 6.11.